The SMILES string of the molecule is Cc1cc(F)c(NC(=O)COc2ccccc2N)cc1F. The van der Waals surface area contributed by atoms with Crippen LogP contribution in [0, 0.1) is 18.6 Å². The third-order valence-corrected chi connectivity index (χ3v) is 2.80. The Bertz CT molecular complexity index is 675. The Kier molecular flexibility index (Phi) is 4.37. The average Bonchev–Trinajstić information content (AvgIpc) is 2.44. The van der Waals surface area contributed by atoms with Gasteiger partial charge in [-0.25, -0.2) is 8.78 Å². The number of para-hydroxylation sites is 2. The molecule has 110 valence electrons. The van der Waals surface area contributed by atoms with Crippen molar-refractivity contribution < 1.29 is 18.3 Å². The molecule has 0 aromatic heterocycles. The molecule has 0 saturated heterocycles. The Morgan fingerprint density at radius 3 is 2.67 bits per heavy atom. The van der Waals surface area contributed by atoms with Crippen molar-refractivity contribution in [1.29, 1.82) is 0 Å². The second-order valence-electron chi connectivity index (χ2n) is 4.46. The number of hydrogen-bond acceptors (Lipinski definition) is 3. The first-order chi connectivity index (χ1) is 9.97. The van der Waals surface area contributed by atoms with Gasteiger partial charge in [-0.3, -0.25) is 4.79 Å². The van der Waals surface area contributed by atoms with E-state index in [1.807, 2.05) is 0 Å². The number of anilines is 2. The molecular formula is C15H14F2N2O2. The predicted molar refractivity (Wildman–Crippen MR) is 76.1 cm³/mol. The van der Waals surface area contributed by atoms with Crippen molar-refractivity contribution in [3.05, 3.63) is 53.6 Å². The van der Waals surface area contributed by atoms with Crippen LogP contribution in [-0.2, 0) is 4.79 Å². The summed E-state index contributed by atoms with van der Waals surface area (Å²) in [4.78, 5) is 11.7. The molecule has 0 saturated carbocycles. The number of benzene rings is 2. The van der Waals surface area contributed by atoms with Gasteiger partial charge in [0.15, 0.2) is 6.61 Å². The average molecular weight is 292 g/mol. The van der Waals surface area contributed by atoms with Crippen LogP contribution in [-0.4, -0.2) is 12.5 Å². The van der Waals surface area contributed by atoms with Crippen LogP contribution in [0.4, 0.5) is 20.2 Å². The largest absolute Gasteiger partial charge is 0.482 e. The van der Waals surface area contributed by atoms with E-state index in [0.717, 1.165) is 12.1 Å². The van der Waals surface area contributed by atoms with Crippen LogP contribution in [0.2, 0.25) is 0 Å². The van der Waals surface area contributed by atoms with Crippen LogP contribution in [0.1, 0.15) is 5.56 Å². The van der Waals surface area contributed by atoms with Crippen molar-refractivity contribution in [2.45, 2.75) is 6.92 Å². The highest BCUT2D eigenvalue weighted by molar-refractivity contribution is 5.92. The zero-order valence-electron chi connectivity index (χ0n) is 11.3. The number of amides is 1. The molecule has 0 spiro atoms. The van der Waals surface area contributed by atoms with Gasteiger partial charge in [0, 0.05) is 6.07 Å². The predicted octanol–water partition coefficient (Wildman–Crippen LogP) is 2.87. The van der Waals surface area contributed by atoms with E-state index in [0.29, 0.717) is 11.4 Å². The van der Waals surface area contributed by atoms with Gasteiger partial charge >= 0.3 is 0 Å². The minimum absolute atomic E-state index is 0.166. The summed E-state index contributed by atoms with van der Waals surface area (Å²) in [6, 6.07) is 8.61. The summed E-state index contributed by atoms with van der Waals surface area (Å²) in [6.07, 6.45) is 0. The number of hydrogen-bond donors (Lipinski definition) is 2. The molecule has 0 unspecified atom stereocenters. The minimum atomic E-state index is -0.707. The summed E-state index contributed by atoms with van der Waals surface area (Å²) in [5, 5.41) is 2.25. The molecule has 1 amide bonds. The molecule has 2 aromatic rings. The van der Waals surface area contributed by atoms with Gasteiger partial charge in [0.05, 0.1) is 11.4 Å². The lowest BCUT2D eigenvalue weighted by molar-refractivity contribution is -0.118. The van der Waals surface area contributed by atoms with Crippen LogP contribution < -0.4 is 15.8 Å². The van der Waals surface area contributed by atoms with Gasteiger partial charge < -0.3 is 15.8 Å². The van der Waals surface area contributed by atoms with Gasteiger partial charge in [0.2, 0.25) is 0 Å². The number of carbonyl (C=O) groups is 1. The molecule has 2 rings (SSSR count). The molecule has 0 aliphatic carbocycles. The zero-order chi connectivity index (χ0) is 15.4. The molecule has 4 nitrogen and oxygen atoms in total. The highest BCUT2D eigenvalue weighted by atomic mass is 19.1. The Morgan fingerprint density at radius 1 is 1.24 bits per heavy atom. The fourth-order valence-electron chi connectivity index (χ4n) is 1.68. The fourth-order valence-corrected chi connectivity index (χ4v) is 1.68. The third-order valence-electron chi connectivity index (χ3n) is 2.80. The Hall–Kier alpha value is -2.63. The minimum Gasteiger partial charge on any atom is -0.482 e. The lowest BCUT2D eigenvalue weighted by Gasteiger charge is -2.10. The second kappa shape index (κ2) is 6.21. The van der Waals surface area contributed by atoms with Crippen molar-refractivity contribution in [2.24, 2.45) is 0 Å². The summed E-state index contributed by atoms with van der Waals surface area (Å²) < 4.78 is 32.1. The van der Waals surface area contributed by atoms with Gasteiger partial charge in [0.1, 0.15) is 17.4 Å². The Balaban J connectivity index is 1.99. The maximum Gasteiger partial charge on any atom is 0.262 e. The molecule has 0 aliphatic rings. The lowest BCUT2D eigenvalue weighted by atomic mass is 10.2. The van der Waals surface area contributed by atoms with Crippen molar-refractivity contribution in [3.63, 3.8) is 0 Å². The number of halogens is 2. The van der Waals surface area contributed by atoms with E-state index < -0.39 is 17.5 Å². The second-order valence-corrected chi connectivity index (χ2v) is 4.46. The number of nitrogen functional groups attached to an aromatic ring is 1. The maximum absolute atomic E-state index is 13.6. The first-order valence-corrected chi connectivity index (χ1v) is 6.20. The van der Waals surface area contributed by atoms with E-state index in [-0.39, 0.29) is 17.9 Å². The standard InChI is InChI=1S/C15H14F2N2O2/c1-9-6-11(17)13(7-10(9)16)19-15(20)8-21-14-5-3-2-4-12(14)18/h2-7H,8,18H2,1H3,(H,19,20). The van der Waals surface area contributed by atoms with Gasteiger partial charge in [0.25, 0.3) is 5.91 Å². The highest BCUT2D eigenvalue weighted by Gasteiger charge is 2.11. The number of aryl methyl sites for hydroxylation is 1. The molecule has 6 heteroatoms. The van der Waals surface area contributed by atoms with Gasteiger partial charge in [-0.15, -0.1) is 0 Å². The van der Waals surface area contributed by atoms with Crippen molar-refractivity contribution >= 4 is 17.3 Å². The Labute approximate surface area is 120 Å². The van der Waals surface area contributed by atoms with Crippen LogP contribution in [0.3, 0.4) is 0 Å². The summed E-state index contributed by atoms with van der Waals surface area (Å²) in [5.74, 6) is -1.56. The van der Waals surface area contributed by atoms with E-state index in [1.54, 1.807) is 24.3 Å². The highest BCUT2D eigenvalue weighted by Crippen LogP contribution is 2.21. The maximum atomic E-state index is 13.6. The molecule has 0 aliphatic heterocycles. The summed E-state index contributed by atoms with van der Waals surface area (Å²) >= 11 is 0. The molecule has 0 fully saturated rings. The van der Waals surface area contributed by atoms with Gasteiger partial charge in [-0.05, 0) is 30.7 Å². The summed E-state index contributed by atoms with van der Waals surface area (Å²) in [5.41, 5.74) is 5.98. The quantitative estimate of drug-likeness (QED) is 0.852. The molecular weight excluding hydrogens is 278 g/mol. The fraction of sp³-hybridized carbons (Fsp3) is 0.133. The number of nitrogens with two attached hydrogens (primary N) is 1. The lowest BCUT2D eigenvalue weighted by Crippen LogP contribution is -2.21. The van der Waals surface area contributed by atoms with Gasteiger partial charge in [-0.2, -0.15) is 0 Å². The third kappa shape index (κ3) is 3.68. The van der Waals surface area contributed by atoms with Crippen LogP contribution in [0.15, 0.2) is 36.4 Å². The van der Waals surface area contributed by atoms with Crippen LogP contribution in [0.5, 0.6) is 5.75 Å². The van der Waals surface area contributed by atoms with Crippen molar-refractivity contribution in [2.75, 3.05) is 17.7 Å². The number of ether oxygens (including phenoxy) is 1. The Morgan fingerprint density at radius 2 is 1.95 bits per heavy atom. The van der Waals surface area contributed by atoms with E-state index >= 15 is 0 Å². The van der Waals surface area contributed by atoms with E-state index in [2.05, 4.69) is 5.32 Å². The zero-order valence-corrected chi connectivity index (χ0v) is 11.3. The number of carbonyl (C=O) groups excluding carboxylic acids is 1. The van der Waals surface area contributed by atoms with Crippen molar-refractivity contribution in [3.8, 4) is 5.75 Å². The normalized spacial score (nSPS) is 10.2. The number of rotatable bonds is 4. The molecule has 0 bridgehead atoms. The number of nitrogens with one attached hydrogen (secondary N) is 1. The van der Waals surface area contributed by atoms with E-state index in [9.17, 15) is 13.6 Å². The molecule has 0 heterocycles. The van der Waals surface area contributed by atoms with Gasteiger partial charge in [-0.1, -0.05) is 12.1 Å². The first-order valence-electron chi connectivity index (χ1n) is 6.20. The van der Waals surface area contributed by atoms with Crippen molar-refractivity contribution in [1.82, 2.24) is 0 Å². The van der Waals surface area contributed by atoms with E-state index in [1.165, 1.54) is 6.92 Å². The first kappa shape index (κ1) is 14.8. The molecule has 0 atom stereocenters. The summed E-state index contributed by atoms with van der Waals surface area (Å²) in [7, 11) is 0. The molecule has 0 radical (unpaired) electrons. The molecule has 2 aromatic carbocycles. The molecule has 21 heavy (non-hydrogen) atoms. The smallest absolute Gasteiger partial charge is 0.262 e. The summed E-state index contributed by atoms with van der Waals surface area (Å²) in [6.45, 7) is 1.08. The monoisotopic (exact) mass is 292 g/mol. The van der Waals surface area contributed by atoms with Crippen LogP contribution >= 0.6 is 0 Å². The molecule has 3 N–H and O–H groups in total. The van der Waals surface area contributed by atoms with Crippen LogP contribution in [0.25, 0.3) is 0 Å². The topological polar surface area (TPSA) is 64.3 Å². The van der Waals surface area contributed by atoms with E-state index in [4.69, 9.17) is 10.5 Å².